The molecule has 0 aromatic carbocycles. The number of nitrogens with zero attached hydrogens (tertiary/aromatic N) is 4. The van der Waals surface area contributed by atoms with Gasteiger partial charge in [-0.1, -0.05) is 0 Å². The number of nitrogen functional groups attached to an aromatic ring is 1. The third kappa shape index (κ3) is 1.64. The van der Waals surface area contributed by atoms with Crippen molar-refractivity contribution in [3.8, 4) is 0 Å². The first-order valence-corrected chi connectivity index (χ1v) is 5.90. The molecular weight excluding hydrogens is 216 g/mol. The number of nitrogens with two attached hydrogens (primary N) is 1. The first-order valence-electron chi connectivity index (χ1n) is 5.90. The number of imidazole rings is 1. The Morgan fingerprint density at radius 1 is 1.35 bits per heavy atom. The fraction of sp³-hybridized carbons (Fsp3) is 0.545. The van der Waals surface area contributed by atoms with Gasteiger partial charge in [0, 0.05) is 12.1 Å². The second kappa shape index (κ2) is 3.96. The lowest BCUT2D eigenvalue weighted by molar-refractivity contribution is 0.500. The third-order valence-corrected chi connectivity index (χ3v) is 3.59. The molecule has 0 saturated heterocycles. The van der Waals surface area contributed by atoms with Gasteiger partial charge in [0.1, 0.15) is 11.8 Å². The number of anilines is 1. The molecule has 0 amide bonds. The summed E-state index contributed by atoms with van der Waals surface area (Å²) in [6.07, 6.45) is 6.80. The molecule has 0 bridgehead atoms. The maximum Gasteiger partial charge on any atom is 0.165 e. The molecule has 2 aromatic heterocycles. The van der Waals surface area contributed by atoms with E-state index in [2.05, 4.69) is 24.8 Å². The Balaban J connectivity index is 1.99. The van der Waals surface area contributed by atoms with Crippen LogP contribution in [-0.4, -0.2) is 32.6 Å². The van der Waals surface area contributed by atoms with Crippen molar-refractivity contribution in [2.75, 3.05) is 12.8 Å². The predicted molar refractivity (Wildman–Crippen MR) is 65.5 cm³/mol. The summed E-state index contributed by atoms with van der Waals surface area (Å²) >= 11 is 0. The minimum absolute atomic E-state index is 0.455. The molecular formula is C11H16N6. The Kier molecular flexibility index (Phi) is 2.44. The Morgan fingerprint density at radius 3 is 3.00 bits per heavy atom. The monoisotopic (exact) mass is 232 g/mol. The summed E-state index contributed by atoms with van der Waals surface area (Å²) < 4.78 is 2.13. The summed E-state index contributed by atoms with van der Waals surface area (Å²) in [5.74, 6) is 0.455. The van der Waals surface area contributed by atoms with Crippen LogP contribution in [0, 0.1) is 0 Å². The molecule has 1 saturated carbocycles. The average molecular weight is 232 g/mol. The molecule has 2 atom stereocenters. The zero-order chi connectivity index (χ0) is 11.8. The fourth-order valence-corrected chi connectivity index (χ4v) is 2.61. The summed E-state index contributed by atoms with van der Waals surface area (Å²) in [5, 5.41) is 3.32. The van der Waals surface area contributed by atoms with E-state index in [-0.39, 0.29) is 0 Å². The molecule has 0 radical (unpaired) electrons. The van der Waals surface area contributed by atoms with Crippen LogP contribution in [0.3, 0.4) is 0 Å². The van der Waals surface area contributed by atoms with Crippen molar-refractivity contribution < 1.29 is 0 Å². The first-order chi connectivity index (χ1) is 8.29. The van der Waals surface area contributed by atoms with Crippen molar-refractivity contribution in [1.82, 2.24) is 24.8 Å². The van der Waals surface area contributed by atoms with E-state index < -0.39 is 0 Å². The van der Waals surface area contributed by atoms with E-state index in [4.69, 9.17) is 5.73 Å². The molecule has 90 valence electrons. The number of hydrogen-bond acceptors (Lipinski definition) is 5. The molecule has 1 fully saturated rings. The standard InChI is InChI=1S/C11H16N6/c1-13-7-2-3-8(4-7)17-6-16-9-10(12)14-5-15-11(9)17/h5-8,13H,2-4H2,1H3,(H2,12,14,15). The van der Waals surface area contributed by atoms with E-state index in [0.717, 1.165) is 18.5 Å². The molecule has 3 rings (SSSR count). The number of rotatable bonds is 2. The molecule has 0 aliphatic heterocycles. The highest BCUT2D eigenvalue weighted by Gasteiger charge is 2.26. The van der Waals surface area contributed by atoms with Gasteiger partial charge in [0.15, 0.2) is 11.5 Å². The largest absolute Gasteiger partial charge is 0.382 e. The lowest BCUT2D eigenvalue weighted by Gasteiger charge is -2.12. The summed E-state index contributed by atoms with van der Waals surface area (Å²) in [4.78, 5) is 12.5. The molecule has 6 heteroatoms. The molecule has 3 N–H and O–H groups in total. The number of nitrogens with one attached hydrogen (secondary N) is 1. The molecule has 17 heavy (non-hydrogen) atoms. The summed E-state index contributed by atoms with van der Waals surface area (Å²) in [6.45, 7) is 0. The Hall–Kier alpha value is -1.69. The van der Waals surface area contributed by atoms with Crippen LogP contribution in [0.2, 0.25) is 0 Å². The number of aromatic nitrogens is 4. The minimum Gasteiger partial charge on any atom is -0.382 e. The topological polar surface area (TPSA) is 81.7 Å². The van der Waals surface area contributed by atoms with Gasteiger partial charge in [-0.25, -0.2) is 15.0 Å². The zero-order valence-corrected chi connectivity index (χ0v) is 9.80. The first kappa shape index (κ1) is 10.5. The molecule has 0 spiro atoms. The van der Waals surface area contributed by atoms with Gasteiger partial charge in [0.25, 0.3) is 0 Å². The Bertz CT molecular complexity index is 534. The van der Waals surface area contributed by atoms with Crippen molar-refractivity contribution in [3.05, 3.63) is 12.7 Å². The Labute approximate surface area is 99.3 Å². The molecule has 2 unspecified atom stereocenters. The number of fused-ring (bicyclic) bond motifs is 1. The predicted octanol–water partition coefficient (Wildman–Crippen LogP) is 0.721. The molecule has 2 heterocycles. The van der Waals surface area contributed by atoms with Crippen molar-refractivity contribution >= 4 is 17.0 Å². The van der Waals surface area contributed by atoms with Crippen LogP contribution in [0.1, 0.15) is 25.3 Å². The van der Waals surface area contributed by atoms with Gasteiger partial charge in [0.2, 0.25) is 0 Å². The van der Waals surface area contributed by atoms with E-state index in [0.29, 0.717) is 23.4 Å². The van der Waals surface area contributed by atoms with Gasteiger partial charge in [-0.3, -0.25) is 0 Å². The van der Waals surface area contributed by atoms with E-state index in [1.54, 1.807) is 0 Å². The summed E-state index contributed by atoms with van der Waals surface area (Å²) in [7, 11) is 2.01. The SMILES string of the molecule is CNC1CCC(n2cnc3c(N)ncnc32)C1. The fourth-order valence-electron chi connectivity index (χ4n) is 2.61. The van der Waals surface area contributed by atoms with Crippen LogP contribution in [0.25, 0.3) is 11.2 Å². The van der Waals surface area contributed by atoms with Crippen molar-refractivity contribution in [2.24, 2.45) is 0 Å². The van der Waals surface area contributed by atoms with E-state index in [1.807, 2.05) is 13.4 Å². The van der Waals surface area contributed by atoms with Crippen LogP contribution in [0.5, 0.6) is 0 Å². The lowest BCUT2D eigenvalue weighted by atomic mass is 10.2. The summed E-state index contributed by atoms with van der Waals surface area (Å²) in [5.41, 5.74) is 7.34. The highest BCUT2D eigenvalue weighted by atomic mass is 15.2. The van der Waals surface area contributed by atoms with Crippen LogP contribution in [-0.2, 0) is 0 Å². The van der Waals surface area contributed by atoms with E-state index in [1.165, 1.54) is 12.7 Å². The van der Waals surface area contributed by atoms with Gasteiger partial charge in [-0.15, -0.1) is 0 Å². The Morgan fingerprint density at radius 2 is 2.24 bits per heavy atom. The van der Waals surface area contributed by atoms with Gasteiger partial charge >= 0.3 is 0 Å². The van der Waals surface area contributed by atoms with Crippen LogP contribution < -0.4 is 11.1 Å². The highest BCUT2D eigenvalue weighted by Crippen LogP contribution is 2.32. The third-order valence-electron chi connectivity index (χ3n) is 3.59. The van der Waals surface area contributed by atoms with Crippen molar-refractivity contribution in [2.45, 2.75) is 31.3 Å². The summed E-state index contributed by atoms with van der Waals surface area (Å²) in [6, 6.07) is 1.06. The quantitative estimate of drug-likeness (QED) is 0.797. The molecule has 6 nitrogen and oxygen atoms in total. The lowest BCUT2D eigenvalue weighted by Crippen LogP contribution is -2.21. The number of hydrogen-bond donors (Lipinski definition) is 2. The second-order valence-corrected chi connectivity index (χ2v) is 4.54. The maximum absolute atomic E-state index is 5.78. The second-order valence-electron chi connectivity index (χ2n) is 4.54. The van der Waals surface area contributed by atoms with Gasteiger partial charge in [0.05, 0.1) is 6.33 Å². The zero-order valence-electron chi connectivity index (χ0n) is 9.80. The van der Waals surface area contributed by atoms with Crippen molar-refractivity contribution in [3.63, 3.8) is 0 Å². The molecule has 2 aromatic rings. The highest BCUT2D eigenvalue weighted by molar-refractivity contribution is 5.81. The average Bonchev–Trinajstić information content (AvgIpc) is 2.94. The normalized spacial score (nSPS) is 24.5. The van der Waals surface area contributed by atoms with Gasteiger partial charge in [-0.05, 0) is 26.3 Å². The molecule has 1 aliphatic carbocycles. The van der Waals surface area contributed by atoms with Crippen LogP contribution in [0.4, 0.5) is 5.82 Å². The van der Waals surface area contributed by atoms with E-state index in [9.17, 15) is 0 Å². The van der Waals surface area contributed by atoms with Crippen LogP contribution >= 0.6 is 0 Å². The van der Waals surface area contributed by atoms with Gasteiger partial charge < -0.3 is 15.6 Å². The smallest absolute Gasteiger partial charge is 0.165 e. The molecule has 1 aliphatic rings. The minimum atomic E-state index is 0.455. The van der Waals surface area contributed by atoms with Crippen molar-refractivity contribution in [1.29, 1.82) is 0 Å². The van der Waals surface area contributed by atoms with E-state index >= 15 is 0 Å². The maximum atomic E-state index is 5.78. The van der Waals surface area contributed by atoms with Crippen LogP contribution in [0.15, 0.2) is 12.7 Å². The van der Waals surface area contributed by atoms with Gasteiger partial charge in [-0.2, -0.15) is 0 Å².